The lowest BCUT2D eigenvalue weighted by Gasteiger charge is -2.20. The molecular formula is C15H26N2. The maximum Gasteiger partial charge on any atom is 0.0338 e. The molecule has 2 heteroatoms. The van der Waals surface area contributed by atoms with Crippen molar-refractivity contribution in [2.24, 2.45) is 5.92 Å². The van der Waals surface area contributed by atoms with E-state index in [1.807, 2.05) is 12.4 Å². The Hall–Kier alpha value is -0.890. The van der Waals surface area contributed by atoms with Crippen LogP contribution in [0.3, 0.4) is 0 Å². The number of rotatable bonds is 7. The summed E-state index contributed by atoms with van der Waals surface area (Å²) in [6, 6.07) is 2.56. The molecular weight excluding hydrogens is 208 g/mol. The van der Waals surface area contributed by atoms with Gasteiger partial charge >= 0.3 is 0 Å². The summed E-state index contributed by atoms with van der Waals surface area (Å²) in [6.45, 7) is 9.93. The zero-order valence-corrected chi connectivity index (χ0v) is 11.7. The molecule has 0 aliphatic heterocycles. The zero-order chi connectivity index (χ0) is 12.7. The van der Waals surface area contributed by atoms with Gasteiger partial charge in [0.25, 0.3) is 0 Å². The molecule has 0 spiro atoms. The van der Waals surface area contributed by atoms with Crippen molar-refractivity contribution in [1.29, 1.82) is 0 Å². The number of aryl methyl sites for hydroxylation is 1. The van der Waals surface area contributed by atoms with Gasteiger partial charge in [-0.25, -0.2) is 0 Å². The van der Waals surface area contributed by atoms with Crippen LogP contribution < -0.4 is 5.32 Å². The Bertz CT molecular complexity index is 320. The van der Waals surface area contributed by atoms with Crippen molar-refractivity contribution in [3.05, 3.63) is 29.6 Å². The lowest BCUT2D eigenvalue weighted by Crippen LogP contribution is -2.22. The van der Waals surface area contributed by atoms with Crippen LogP contribution in [0.4, 0.5) is 0 Å². The second kappa shape index (κ2) is 7.44. The van der Waals surface area contributed by atoms with Gasteiger partial charge in [-0.15, -0.1) is 0 Å². The molecule has 1 unspecified atom stereocenters. The Labute approximate surface area is 106 Å². The average Bonchev–Trinajstić information content (AvgIpc) is 2.28. The fraction of sp³-hybridized carbons (Fsp3) is 0.667. The van der Waals surface area contributed by atoms with E-state index in [1.54, 1.807) is 0 Å². The zero-order valence-electron chi connectivity index (χ0n) is 11.7. The number of nitrogens with one attached hydrogen (secondary N) is 1. The molecule has 17 heavy (non-hydrogen) atoms. The third kappa shape index (κ3) is 4.86. The maximum atomic E-state index is 4.25. The first-order chi connectivity index (χ1) is 8.15. The van der Waals surface area contributed by atoms with E-state index in [1.165, 1.54) is 30.4 Å². The SMILES string of the molecule is CCNC(CCCC(C)C)c1cnccc1C. The van der Waals surface area contributed by atoms with Crippen LogP contribution in [-0.4, -0.2) is 11.5 Å². The molecule has 1 atom stereocenters. The lowest BCUT2D eigenvalue weighted by atomic mass is 9.96. The van der Waals surface area contributed by atoms with E-state index in [2.05, 4.69) is 44.1 Å². The molecule has 0 fully saturated rings. The minimum atomic E-state index is 0.465. The van der Waals surface area contributed by atoms with E-state index < -0.39 is 0 Å². The summed E-state index contributed by atoms with van der Waals surface area (Å²) in [5.41, 5.74) is 2.70. The monoisotopic (exact) mass is 234 g/mol. The van der Waals surface area contributed by atoms with Gasteiger partial charge in [0.1, 0.15) is 0 Å². The number of aromatic nitrogens is 1. The predicted molar refractivity (Wildman–Crippen MR) is 74.1 cm³/mol. The van der Waals surface area contributed by atoms with Gasteiger partial charge < -0.3 is 5.32 Å². The molecule has 0 aliphatic rings. The molecule has 1 rings (SSSR count). The minimum absolute atomic E-state index is 0.465. The predicted octanol–water partition coefficient (Wildman–Crippen LogP) is 3.87. The van der Waals surface area contributed by atoms with Gasteiger partial charge in [-0.05, 0) is 43.0 Å². The van der Waals surface area contributed by atoms with Gasteiger partial charge in [0.15, 0.2) is 0 Å². The summed E-state index contributed by atoms with van der Waals surface area (Å²) < 4.78 is 0. The van der Waals surface area contributed by atoms with Crippen molar-refractivity contribution in [1.82, 2.24) is 10.3 Å². The number of nitrogens with zero attached hydrogens (tertiary/aromatic N) is 1. The second-order valence-electron chi connectivity index (χ2n) is 5.17. The van der Waals surface area contributed by atoms with Crippen LogP contribution in [0.1, 0.15) is 57.2 Å². The van der Waals surface area contributed by atoms with E-state index in [0.29, 0.717) is 6.04 Å². The highest BCUT2D eigenvalue weighted by molar-refractivity contribution is 5.24. The van der Waals surface area contributed by atoms with Crippen molar-refractivity contribution < 1.29 is 0 Å². The summed E-state index contributed by atoms with van der Waals surface area (Å²) in [7, 11) is 0. The lowest BCUT2D eigenvalue weighted by molar-refractivity contribution is 0.453. The van der Waals surface area contributed by atoms with Crippen molar-refractivity contribution in [3.63, 3.8) is 0 Å². The molecule has 0 amide bonds. The van der Waals surface area contributed by atoms with Crippen LogP contribution in [0.5, 0.6) is 0 Å². The molecule has 1 aromatic rings. The molecule has 0 radical (unpaired) electrons. The van der Waals surface area contributed by atoms with E-state index in [9.17, 15) is 0 Å². The molecule has 0 aliphatic carbocycles. The highest BCUT2D eigenvalue weighted by Gasteiger charge is 2.12. The summed E-state index contributed by atoms with van der Waals surface area (Å²) in [4.78, 5) is 4.25. The van der Waals surface area contributed by atoms with Crippen LogP contribution in [0.25, 0.3) is 0 Å². The van der Waals surface area contributed by atoms with Crippen molar-refractivity contribution in [2.45, 2.75) is 53.0 Å². The summed E-state index contributed by atoms with van der Waals surface area (Å²) in [5.74, 6) is 0.798. The normalized spacial score (nSPS) is 13.0. The van der Waals surface area contributed by atoms with Crippen molar-refractivity contribution in [3.8, 4) is 0 Å². The third-order valence-corrected chi connectivity index (χ3v) is 3.18. The maximum absolute atomic E-state index is 4.25. The highest BCUT2D eigenvalue weighted by Crippen LogP contribution is 2.22. The second-order valence-corrected chi connectivity index (χ2v) is 5.17. The molecule has 0 saturated carbocycles. The molecule has 0 aromatic carbocycles. The summed E-state index contributed by atoms with van der Waals surface area (Å²) in [5, 5.41) is 3.57. The molecule has 1 heterocycles. The Morgan fingerprint density at radius 2 is 2.06 bits per heavy atom. The number of hydrogen-bond donors (Lipinski definition) is 1. The fourth-order valence-electron chi connectivity index (χ4n) is 2.19. The molecule has 2 nitrogen and oxygen atoms in total. The Kier molecular flexibility index (Phi) is 6.20. The van der Waals surface area contributed by atoms with E-state index in [4.69, 9.17) is 0 Å². The smallest absolute Gasteiger partial charge is 0.0338 e. The first kappa shape index (κ1) is 14.2. The summed E-state index contributed by atoms with van der Waals surface area (Å²) >= 11 is 0. The van der Waals surface area contributed by atoms with Crippen molar-refractivity contribution in [2.75, 3.05) is 6.54 Å². The number of hydrogen-bond acceptors (Lipinski definition) is 2. The van der Waals surface area contributed by atoms with Gasteiger partial charge in [0.05, 0.1) is 0 Å². The van der Waals surface area contributed by atoms with Crippen molar-refractivity contribution >= 4 is 0 Å². The largest absolute Gasteiger partial charge is 0.310 e. The van der Waals surface area contributed by atoms with Crippen LogP contribution in [0, 0.1) is 12.8 Å². The topological polar surface area (TPSA) is 24.9 Å². The first-order valence-electron chi connectivity index (χ1n) is 6.79. The van der Waals surface area contributed by atoms with Crippen LogP contribution in [0.15, 0.2) is 18.5 Å². The van der Waals surface area contributed by atoms with Gasteiger partial charge in [0, 0.05) is 18.4 Å². The highest BCUT2D eigenvalue weighted by atomic mass is 14.9. The number of pyridine rings is 1. The van der Waals surface area contributed by atoms with E-state index >= 15 is 0 Å². The minimum Gasteiger partial charge on any atom is -0.310 e. The molecule has 0 saturated heterocycles. The van der Waals surface area contributed by atoms with Gasteiger partial charge in [0.2, 0.25) is 0 Å². The molecule has 1 aromatic heterocycles. The van der Waals surface area contributed by atoms with E-state index in [0.717, 1.165) is 12.5 Å². The molecule has 1 N–H and O–H groups in total. The Morgan fingerprint density at radius 3 is 2.65 bits per heavy atom. The van der Waals surface area contributed by atoms with Gasteiger partial charge in [-0.2, -0.15) is 0 Å². The Balaban J connectivity index is 2.62. The van der Waals surface area contributed by atoms with Crippen LogP contribution in [0.2, 0.25) is 0 Å². The van der Waals surface area contributed by atoms with Gasteiger partial charge in [-0.3, -0.25) is 4.98 Å². The molecule has 0 bridgehead atoms. The van der Waals surface area contributed by atoms with Crippen LogP contribution in [-0.2, 0) is 0 Å². The van der Waals surface area contributed by atoms with Gasteiger partial charge in [-0.1, -0.05) is 33.6 Å². The average molecular weight is 234 g/mol. The fourth-order valence-corrected chi connectivity index (χ4v) is 2.19. The molecule has 96 valence electrons. The quantitative estimate of drug-likeness (QED) is 0.774. The standard InChI is InChI=1S/C15H26N2/c1-5-17-15(8-6-7-12(2)3)14-11-16-10-9-13(14)4/h9-12,15,17H,5-8H2,1-4H3. The van der Waals surface area contributed by atoms with Crippen LogP contribution >= 0.6 is 0 Å². The summed E-state index contributed by atoms with van der Waals surface area (Å²) in [6.07, 6.45) is 7.68. The third-order valence-electron chi connectivity index (χ3n) is 3.18. The van der Waals surface area contributed by atoms with E-state index in [-0.39, 0.29) is 0 Å². The first-order valence-corrected chi connectivity index (χ1v) is 6.79. The Morgan fingerprint density at radius 1 is 1.29 bits per heavy atom.